The van der Waals surface area contributed by atoms with E-state index < -0.39 is 17.5 Å². The molecule has 0 spiro atoms. The summed E-state index contributed by atoms with van der Waals surface area (Å²) >= 11 is 6.89. The first-order valence-electron chi connectivity index (χ1n) is 10.9. The van der Waals surface area contributed by atoms with Crippen molar-refractivity contribution in [1.29, 1.82) is 0 Å². The Bertz CT molecular complexity index is 1250. The van der Waals surface area contributed by atoms with Crippen LogP contribution in [0, 0.1) is 0 Å². The molecule has 0 saturated carbocycles. The number of aliphatic imine (C=N–C) groups is 1. The molecule has 4 rings (SSSR count). The molecule has 2 aliphatic heterocycles. The highest BCUT2D eigenvalue weighted by Crippen LogP contribution is 2.42. The topological polar surface area (TPSA) is 80.2 Å². The monoisotopic (exact) mass is 539 g/mol. The smallest absolute Gasteiger partial charge is 0.420 e. The number of carbonyl (C=O) groups is 2. The van der Waals surface area contributed by atoms with Gasteiger partial charge in [-0.1, -0.05) is 17.7 Å². The molecule has 2 aliphatic rings. The van der Waals surface area contributed by atoms with Crippen LogP contribution >= 0.6 is 23.4 Å². The van der Waals surface area contributed by atoms with Gasteiger partial charge in [-0.15, -0.1) is 0 Å². The number of amides is 2. The number of amidine groups is 1. The van der Waals surface area contributed by atoms with Crippen LogP contribution in [0.5, 0.6) is 17.2 Å². The molecule has 190 valence electrons. The summed E-state index contributed by atoms with van der Waals surface area (Å²) < 4.78 is 51.0. The number of nitrogens with one attached hydrogen (secondary N) is 1. The van der Waals surface area contributed by atoms with Crippen molar-refractivity contribution in [2.75, 3.05) is 26.7 Å². The van der Waals surface area contributed by atoms with Crippen molar-refractivity contribution in [2.24, 2.45) is 4.99 Å². The van der Waals surface area contributed by atoms with Gasteiger partial charge >= 0.3 is 6.18 Å². The van der Waals surface area contributed by atoms with Crippen molar-refractivity contribution in [3.8, 4) is 17.2 Å². The Labute approximate surface area is 214 Å². The van der Waals surface area contributed by atoms with E-state index in [4.69, 9.17) is 21.1 Å². The Morgan fingerprint density at radius 1 is 1.17 bits per heavy atom. The van der Waals surface area contributed by atoms with E-state index >= 15 is 0 Å². The zero-order chi connectivity index (χ0) is 25.9. The molecule has 0 aliphatic carbocycles. The fraction of sp³-hybridized carbons (Fsp3) is 0.292. The van der Waals surface area contributed by atoms with Gasteiger partial charge in [0.05, 0.1) is 24.1 Å². The van der Waals surface area contributed by atoms with E-state index in [1.807, 2.05) is 0 Å². The number of nitrogens with zero attached hydrogens (tertiary/aromatic N) is 2. The first kappa shape index (κ1) is 25.9. The van der Waals surface area contributed by atoms with Gasteiger partial charge in [-0.25, -0.2) is 0 Å². The number of methoxy groups -OCH3 is 1. The molecule has 0 radical (unpaired) electrons. The summed E-state index contributed by atoms with van der Waals surface area (Å²) in [5.41, 5.74) is -0.434. The second-order valence-electron chi connectivity index (χ2n) is 7.89. The van der Waals surface area contributed by atoms with Crippen LogP contribution in [0.1, 0.15) is 24.0 Å². The van der Waals surface area contributed by atoms with Crippen LogP contribution in [0.15, 0.2) is 46.3 Å². The average molecular weight is 540 g/mol. The minimum absolute atomic E-state index is 0.0645. The summed E-state index contributed by atoms with van der Waals surface area (Å²) in [7, 11) is 1.36. The summed E-state index contributed by atoms with van der Waals surface area (Å²) in [4.78, 5) is 30.5. The minimum Gasteiger partial charge on any atom is -0.493 e. The Morgan fingerprint density at radius 3 is 2.64 bits per heavy atom. The molecule has 0 bridgehead atoms. The Balaban J connectivity index is 1.48. The van der Waals surface area contributed by atoms with E-state index in [9.17, 15) is 22.8 Å². The summed E-state index contributed by atoms with van der Waals surface area (Å²) in [6, 6.07) is 7.83. The molecule has 0 aromatic heterocycles. The molecule has 12 heteroatoms. The van der Waals surface area contributed by atoms with Crippen molar-refractivity contribution in [3.05, 3.63) is 57.5 Å². The number of benzene rings is 2. The van der Waals surface area contributed by atoms with Crippen molar-refractivity contribution in [3.63, 3.8) is 0 Å². The van der Waals surface area contributed by atoms with Crippen LogP contribution in [0.3, 0.4) is 0 Å². The molecule has 2 aromatic carbocycles. The Hall–Kier alpha value is -3.18. The summed E-state index contributed by atoms with van der Waals surface area (Å²) in [6.45, 7) is 1.61. The molecule has 2 amide bonds. The minimum atomic E-state index is -4.66. The Kier molecular flexibility index (Phi) is 7.79. The zero-order valence-corrected chi connectivity index (χ0v) is 20.6. The fourth-order valence-corrected chi connectivity index (χ4v) is 4.67. The highest BCUT2D eigenvalue weighted by atomic mass is 35.5. The highest BCUT2D eigenvalue weighted by molar-refractivity contribution is 8.18. The molecule has 36 heavy (non-hydrogen) atoms. The lowest BCUT2D eigenvalue weighted by molar-refractivity contribution is -0.138. The van der Waals surface area contributed by atoms with Crippen LogP contribution in [-0.2, 0) is 15.8 Å². The number of thioether (sulfide) groups is 1. The number of rotatable bonds is 7. The van der Waals surface area contributed by atoms with Gasteiger partial charge in [0, 0.05) is 24.5 Å². The van der Waals surface area contributed by atoms with E-state index in [0.717, 1.165) is 36.9 Å². The molecule has 2 saturated heterocycles. The first-order valence-corrected chi connectivity index (χ1v) is 12.1. The fourth-order valence-electron chi connectivity index (χ4n) is 3.66. The van der Waals surface area contributed by atoms with E-state index in [1.165, 1.54) is 19.2 Å². The number of alkyl halides is 3. The maximum absolute atomic E-state index is 13.4. The molecule has 0 unspecified atom stereocenters. The maximum atomic E-state index is 13.4. The number of ether oxygens (including phenoxy) is 2. The van der Waals surface area contributed by atoms with Gasteiger partial charge < -0.3 is 19.7 Å². The number of hydrogen-bond acceptors (Lipinski definition) is 6. The first-order chi connectivity index (χ1) is 17.1. The average Bonchev–Trinajstić information content (AvgIpc) is 3.39. The molecular weight excluding hydrogens is 519 g/mol. The van der Waals surface area contributed by atoms with Gasteiger partial charge in [0.2, 0.25) is 5.91 Å². The van der Waals surface area contributed by atoms with Crippen LogP contribution in [0.2, 0.25) is 5.02 Å². The third-order valence-electron chi connectivity index (χ3n) is 5.40. The maximum Gasteiger partial charge on any atom is 0.420 e. The van der Waals surface area contributed by atoms with E-state index in [1.54, 1.807) is 23.1 Å². The van der Waals surface area contributed by atoms with Gasteiger partial charge in [0.25, 0.3) is 5.91 Å². The van der Waals surface area contributed by atoms with Crippen molar-refractivity contribution in [2.45, 2.75) is 19.0 Å². The number of likely N-dealkylation sites (tertiary alicyclic amines) is 1. The molecule has 1 N–H and O–H groups in total. The number of carbonyl (C=O) groups excluding carboxylic acids is 2. The van der Waals surface area contributed by atoms with Gasteiger partial charge in [0.1, 0.15) is 5.75 Å². The Morgan fingerprint density at radius 2 is 1.94 bits per heavy atom. The highest BCUT2D eigenvalue weighted by Gasteiger charge is 2.35. The largest absolute Gasteiger partial charge is 0.493 e. The normalized spacial score (nSPS) is 18.3. The summed E-state index contributed by atoms with van der Waals surface area (Å²) in [5.74, 6) is -0.384. The van der Waals surface area contributed by atoms with E-state index in [2.05, 4.69) is 10.3 Å². The van der Waals surface area contributed by atoms with Gasteiger partial charge in [0.15, 0.2) is 16.7 Å². The predicted octanol–water partition coefficient (Wildman–Crippen LogP) is 5.34. The molecule has 2 fully saturated rings. The van der Waals surface area contributed by atoms with E-state index in [-0.39, 0.29) is 28.3 Å². The van der Waals surface area contributed by atoms with Crippen molar-refractivity contribution >= 4 is 46.4 Å². The second-order valence-corrected chi connectivity index (χ2v) is 9.35. The van der Waals surface area contributed by atoms with Crippen LogP contribution in [-0.4, -0.2) is 48.6 Å². The van der Waals surface area contributed by atoms with Crippen molar-refractivity contribution < 1.29 is 32.2 Å². The van der Waals surface area contributed by atoms with Crippen molar-refractivity contribution in [1.82, 2.24) is 10.2 Å². The quantitative estimate of drug-likeness (QED) is 0.480. The second kappa shape index (κ2) is 10.8. The number of hydrogen-bond donors (Lipinski definition) is 1. The zero-order valence-electron chi connectivity index (χ0n) is 19.0. The van der Waals surface area contributed by atoms with E-state index in [0.29, 0.717) is 35.1 Å². The third kappa shape index (κ3) is 6.14. The van der Waals surface area contributed by atoms with Gasteiger partial charge in [-0.3, -0.25) is 14.6 Å². The lowest BCUT2D eigenvalue weighted by atomic mass is 10.1. The molecule has 0 atom stereocenters. The molecule has 2 aromatic rings. The standard InChI is InChI=1S/C24H21ClF3N3O4S/c1-34-19-11-14(4-6-18(19)35-17-7-5-15(25)13-16(17)24(26,27)28)12-20-22(33)30-23(36-20)29-8-10-31-9-2-3-21(31)32/h4-7,11-13H,2-3,8-10H2,1H3,(H,29,30,33)/b20-12-. The van der Waals surface area contributed by atoms with Gasteiger partial charge in [-0.2, -0.15) is 13.2 Å². The third-order valence-corrected chi connectivity index (χ3v) is 6.58. The lowest BCUT2D eigenvalue weighted by Gasteiger charge is -2.16. The molecule has 2 heterocycles. The van der Waals surface area contributed by atoms with Gasteiger partial charge in [-0.05, 0) is 60.2 Å². The lowest BCUT2D eigenvalue weighted by Crippen LogP contribution is -2.28. The van der Waals surface area contributed by atoms with Crippen LogP contribution in [0.4, 0.5) is 13.2 Å². The van der Waals surface area contributed by atoms with Crippen LogP contribution < -0.4 is 14.8 Å². The predicted molar refractivity (Wildman–Crippen MR) is 131 cm³/mol. The summed E-state index contributed by atoms with van der Waals surface area (Å²) in [5, 5.41) is 3.06. The van der Waals surface area contributed by atoms with Crippen LogP contribution in [0.25, 0.3) is 6.08 Å². The molecule has 7 nitrogen and oxygen atoms in total. The molecular formula is C24H21ClF3N3O4S. The number of halogens is 4. The SMILES string of the molecule is COc1cc(/C=C2\SC(=NCCN3CCCC3=O)NC2=O)ccc1Oc1ccc(Cl)cc1C(F)(F)F. The summed E-state index contributed by atoms with van der Waals surface area (Å²) in [6.07, 6.45) is -1.63.